The molecule has 2 N–H and O–H groups in total. The molecule has 1 saturated heterocycles. The van der Waals surface area contributed by atoms with Gasteiger partial charge in [-0.15, -0.1) is 24.0 Å². The van der Waals surface area contributed by atoms with Crippen LogP contribution >= 0.6 is 24.0 Å². The van der Waals surface area contributed by atoms with Gasteiger partial charge in [0.15, 0.2) is 5.96 Å². The molecule has 0 bridgehead atoms. The molecule has 2 fully saturated rings. The molecule has 1 aromatic carbocycles. The monoisotopic (exact) mass is 546 g/mol. The van der Waals surface area contributed by atoms with Crippen LogP contribution in [0.15, 0.2) is 35.3 Å². The maximum Gasteiger partial charge on any atom is 0.511 e. The molecule has 0 spiro atoms. The quantitative estimate of drug-likeness (QED) is 0.339. The van der Waals surface area contributed by atoms with Crippen molar-refractivity contribution in [3.63, 3.8) is 0 Å². The van der Waals surface area contributed by atoms with Crippen LogP contribution < -0.4 is 10.6 Å². The molecule has 1 aromatic rings. The van der Waals surface area contributed by atoms with E-state index in [0.717, 1.165) is 13.0 Å². The molecule has 11 heteroatoms. The fourth-order valence-corrected chi connectivity index (χ4v) is 4.57. The average Bonchev–Trinajstić information content (AvgIpc) is 3.45. The summed E-state index contributed by atoms with van der Waals surface area (Å²) in [6.45, 7) is 0.449. The number of nitrogens with zero attached hydrogens (tertiary/aromatic N) is 2. The molecule has 3 rings (SSSR count). The van der Waals surface area contributed by atoms with Crippen molar-refractivity contribution in [2.24, 2.45) is 10.9 Å². The fraction of sp³-hybridized carbons (Fsp3) is 0.611. The van der Waals surface area contributed by atoms with Gasteiger partial charge >= 0.3 is 15.5 Å². The van der Waals surface area contributed by atoms with Gasteiger partial charge in [0, 0.05) is 32.7 Å². The number of sulfonamides is 1. The maximum absolute atomic E-state index is 12.6. The summed E-state index contributed by atoms with van der Waals surface area (Å²) in [6.07, 6.45) is 1.71. The van der Waals surface area contributed by atoms with Gasteiger partial charge in [-0.1, -0.05) is 30.3 Å². The highest BCUT2D eigenvalue weighted by Gasteiger charge is 2.50. The van der Waals surface area contributed by atoms with Crippen LogP contribution in [0.25, 0.3) is 0 Å². The second kappa shape index (κ2) is 9.82. The van der Waals surface area contributed by atoms with Crippen LogP contribution in [-0.2, 0) is 10.0 Å². The molecule has 2 atom stereocenters. The number of piperidine rings is 1. The van der Waals surface area contributed by atoms with E-state index in [0.29, 0.717) is 34.9 Å². The standard InChI is InChI=1S/C18H25F3N4O2S.HI/c1-22-17(23-12-14-11-16(14)13-5-3-2-4-6-13)24-15-7-9-25(10-8-15)28(26,27)18(19,20)21;/h2-6,14-16H,7-12H2,1H3,(H2,22,23,24);1H. The molecule has 1 aliphatic carbocycles. The Balaban J connectivity index is 0.00000300. The minimum Gasteiger partial charge on any atom is -0.356 e. The predicted octanol–water partition coefficient (Wildman–Crippen LogP) is 2.89. The number of hydrogen-bond acceptors (Lipinski definition) is 3. The van der Waals surface area contributed by atoms with Gasteiger partial charge in [-0.25, -0.2) is 8.42 Å². The Morgan fingerprint density at radius 2 is 1.83 bits per heavy atom. The number of rotatable bonds is 5. The number of hydrogen-bond donors (Lipinski definition) is 2. The van der Waals surface area contributed by atoms with Gasteiger partial charge in [-0.05, 0) is 36.7 Å². The molecule has 0 amide bonds. The van der Waals surface area contributed by atoms with E-state index in [1.807, 2.05) is 18.2 Å². The van der Waals surface area contributed by atoms with Gasteiger partial charge in [-0.2, -0.15) is 17.5 Å². The van der Waals surface area contributed by atoms with Crippen LogP contribution in [0.3, 0.4) is 0 Å². The van der Waals surface area contributed by atoms with E-state index in [1.165, 1.54) is 5.56 Å². The molecule has 6 nitrogen and oxygen atoms in total. The van der Waals surface area contributed by atoms with Gasteiger partial charge in [0.2, 0.25) is 0 Å². The molecule has 0 radical (unpaired) electrons. The first-order valence-electron chi connectivity index (χ1n) is 9.31. The summed E-state index contributed by atoms with van der Waals surface area (Å²) in [4.78, 5) is 4.17. The van der Waals surface area contributed by atoms with E-state index >= 15 is 0 Å². The van der Waals surface area contributed by atoms with E-state index in [-0.39, 0.29) is 43.1 Å². The molecule has 0 aromatic heterocycles. The topological polar surface area (TPSA) is 73.8 Å². The molecular formula is C18H26F3IN4O2S. The van der Waals surface area contributed by atoms with Crippen LogP contribution in [0.5, 0.6) is 0 Å². The van der Waals surface area contributed by atoms with Gasteiger partial charge in [0.25, 0.3) is 0 Å². The smallest absolute Gasteiger partial charge is 0.356 e. The Kier molecular flexibility index (Phi) is 8.19. The zero-order chi connectivity index (χ0) is 20.4. The number of aliphatic imine (C=N–C) groups is 1. The zero-order valence-electron chi connectivity index (χ0n) is 16.0. The third-order valence-corrected chi connectivity index (χ3v) is 6.96. The molecule has 2 unspecified atom stereocenters. The summed E-state index contributed by atoms with van der Waals surface area (Å²) >= 11 is 0. The lowest BCUT2D eigenvalue weighted by molar-refractivity contribution is -0.0494. The highest BCUT2D eigenvalue weighted by atomic mass is 127. The molecule has 29 heavy (non-hydrogen) atoms. The number of nitrogens with one attached hydrogen (secondary N) is 2. The second-order valence-corrected chi connectivity index (χ2v) is 9.16. The summed E-state index contributed by atoms with van der Waals surface area (Å²) < 4.78 is 61.4. The third kappa shape index (κ3) is 5.97. The predicted molar refractivity (Wildman–Crippen MR) is 117 cm³/mol. The minimum atomic E-state index is -5.25. The summed E-state index contributed by atoms with van der Waals surface area (Å²) in [5.74, 6) is 1.66. The SMILES string of the molecule is CN=C(NCC1CC1c1ccccc1)NC1CCN(S(=O)(=O)C(F)(F)F)CC1.I. The van der Waals surface area contributed by atoms with Crippen molar-refractivity contribution in [2.75, 3.05) is 26.7 Å². The molecule has 164 valence electrons. The first kappa shape index (κ1) is 24.2. The normalized spacial score (nSPS) is 23.9. The number of benzene rings is 1. The Bertz CT molecular complexity index is 797. The second-order valence-electron chi connectivity index (χ2n) is 7.23. The van der Waals surface area contributed by atoms with E-state index in [4.69, 9.17) is 0 Å². The van der Waals surface area contributed by atoms with Gasteiger partial charge < -0.3 is 10.6 Å². The highest BCUT2D eigenvalue weighted by Crippen LogP contribution is 2.46. The number of alkyl halides is 3. The molecule has 1 heterocycles. The van der Waals surface area contributed by atoms with Crippen molar-refractivity contribution in [1.29, 1.82) is 0 Å². The van der Waals surface area contributed by atoms with E-state index in [9.17, 15) is 21.6 Å². The Labute approximate surface area is 186 Å². The Morgan fingerprint density at radius 3 is 2.38 bits per heavy atom. The van der Waals surface area contributed by atoms with Gasteiger partial charge in [0.1, 0.15) is 0 Å². The average molecular weight is 546 g/mol. The van der Waals surface area contributed by atoms with Gasteiger partial charge in [-0.3, -0.25) is 4.99 Å². The summed E-state index contributed by atoms with van der Waals surface area (Å²) in [5, 5.41) is 6.46. The van der Waals surface area contributed by atoms with Crippen LogP contribution in [0.1, 0.15) is 30.7 Å². The van der Waals surface area contributed by atoms with Crippen molar-refractivity contribution in [3.05, 3.63) is 35.9 Å². The van der Waals surface area contributed by atoms with Crippen LogP contribution in [0, 0.1) is 5.92 Å². The Hall–Kier alpha value is -1.08. The largest absolute Gasteiger partial charge is 0.511 e. The maximum atomic E-state index is 12.6. The number of halogens is 4. The lowest BCUT2D eigenvalue weighted by Crippen LogP contribution is -2.51. The van der Waals surface area contributed by atoms with Gasteiger partial charge in [0.05, 0.1) is 0 Å². The lowest BCUT2D eigenvalue weighted by atomic mass is 10.1. The third-order valence-electron chi connectivity index (χ3n) is 5.33. The first-order chi connectivity index (χ1) is 13.2. The van der Waals surface area contributed by atoms with Crippen molar-refractivity contribution < 1.29 is 21.6 Å². The van der Waals surface area contributed by atoms with Crippen LogP contribution in [-0.4, -0.2) is 56.9 Å². The van der Waals surface area contributed by atoms with Crippen LogP contribution in [0.2, 0.25) is 0 Å². The van der Waals surface area contributed by atoms with E-state index in [2.05, 4.69) is 27.8 Å². The van der Waals surface area contributed by atoms with Crippen molar-refractivity contribution in [2.45, 2.75) is 36.7 Å². The summed E-state index contributed by atoms with van der Waals surface area (Å²) in [5.41, 5.74) is -3.92. The van der Waals surface area contributed by atoms with E-state index in [1.54, 1.807) is 7.05 Å². The zero-order valence-corrected chi connectivity index (χ0v) is 19.2. The highest BCUT2D eigenvalue weighted by molar-refractivity contribution is 14.0. The van der Waals surface area contributed by atoms with Crippen molar-refractivity contribution in [3.8, 4) is 0 Å². The van der Waals surface area contributed by atoms with Crippen LogP contribution in [0.4, 0.5) is 13.2 Å². The fourth-order valence-electron chi connectivity index (χ4n) is 3.58. The Morgan fingerprint density at radius 1 is 1.21 bits per heavy atom. The van der Waals surface area contributed by atoms with E-state index < -0.39 is 15.5 Å². The van der Waals surface area contributed by atoms with Crippen molar-refractivity contribution in [1.82, 2.24) is 14.9 Å². The van der Waals surface area contributed by atoms with Crippen molar-refractivity contribution >= 4 is 40.0 Å². The summed E-state index contributed by atoms with van der Waals surface area (Å²) in [7, 11) is -3.60. The molecular weight excluding hydrogens is 520 g/mol. The lowest BCUT2D eigenvalue weighted by Gasteiger charge is -2.32. The number of guanidine groups is 1. The minimum absolute atomic E-state index is 0. The molecule has 1 aliphatic heterocycles. The molecule has 1 saturated carbocycles. The first-order valence-corrected chi connectivity index (χ1v) is 10.7. The molecule has 2 aliphatic rings. The summed E-state index contributed by atoms with van der Waals surface area (Å²) in [6, 6.07) is 10.2.